The Morgan fingerprint density at radius 1 is 1.12 bits per heavy atom. The summed E-state index contributed by atoms with van der Waals surface area (Å²) in [5.74, 6) is 1.08. The van der Waals surface area contributed by atoms with E-state index >= 15 is 0 Å². The molecule has 1 saturated heterocycles. The summed E-state index contributed by atoms with van der Waals surface area (Å²) in [7, 11) is 0. The maximum atomic E-state index is 12.7. The van der Waals surface area contributed by atoms with Crippen LogP contribution in [0, 0.1) is 0 Å². The maximum Gasteiger partial charge on any atom is 0.164 e. The molecule has 0 bridgehead atoms. The smallest absolute Gasteiger partial charge is 0.164 e. The molecule has 0 spiro atoms. The van der Waals surface area contributed by atoms with Gasteiger partial charge in [0.1, 0.15) is 5.75 Å². The lowest BCUT2D eigenvalue weighted by Gasteiger charge is -2.26. The number of nitrogens with one attached hydrogen (secondary N) is 1. The highest BCUT2D eigenvalue weighted by atomic mass is 16.5. The minimum atomic E-state index is 0.215. The van der Waals surface area contributed by atoms with Gasteiger partial charge in [0.25, 0.3) is 0 Å². The second-order valence-corrected chi connectivity index (χ2v) is 6.27. The summed E-state index contributed by atoms with van der Waals surface area (Å²) in [6.07, 6.45) is 1.54. The average Bonchev–Trinajstić information content (AvgIpc) is 2.65. The molecule has 24 heavy (non-hydrogen) atoms. The largest absolute Gasteiger partial charge is 0.493 e. The van der Waals surface area contributed by atoms with Gasteiger partial charge >= 0.3 is 0 Å². The average molecular weight is 326 g/mol. The van der Waals surface area contributed by atoms with Gasteiger partial charge in [0, 0.05) is 50.1 Å². The molecule has 1 N–H and O–H groups in total. The number of hydrogen-bond donors (Lipinski definition) is 1. The third-order valence-electron chi connectivity index (χ3n) is 4.51. The van der Waals surface area contributed by atoms with Crippen molar-refractivity contribution in [3.8, 4) is 5.75 Å². The summed E-state index contributed by atoms with van der Waals surface area (Å²) in [6, 6.07) is 11.9. The zero-order valence-electron chi connectivity index (χ0n) is 14.4. The van der Waals surface area contributed by atoms with Crippen molar-refractivity contribution in [2.45, 2.75) is 19.8 Å². The quantitative estimate of drug-likeness (QED) is 0.794. The highest BCUT2D eigenvalue weighted by Crippen LogP contribution is 2.29. The molecule has 0 aromatic heterocycles. The predicted molar refractivity (Wildman–Crippen MR) is 98.0 cm³/mol. The number of Topliss-reactive ketones (excluding diaryl/α,β-unsaturated/α-hetero) is 1. The third kappa shape index (κ3) is 3.94. The Hall–Kier alpha value is -1.91. The Bertz CT molecular complexity index is 693. The second-order valence-electron chi connectivity index (χ2n) is 6.27. The van der Waals surface area contributed by atoms with Gasteiger partial charge in [-0.25, -0.2) is 0 Å². The molecule has 0 unspecified atom stereocenters. The lowest BCUT2D eigenvalue weighted by Crippen LogP contribution is -2.44. The number of ether oxygens (including phenoxy) is 1. The molecule has 1 fully saturated rings. The first-order valence-electron chi connectivity index (χ1n) is 8.90. The van der Waals surface area contributed by atoms with Crippen LogP contribution in [0.5, 0.6) is 5.75 Å². The zero-order chi connectivity index (χ0) is 16.8. The van der Waals surface area contributed by atoms with E-state index in [0.29, 0.717) is 13.0 Å². The fraction of sp³-hybridized carbons (Fsp3) is 0.450. The number of carbonyl (C=O) groups is 1. The van der Waals surface area contributed by atoms with Crippen LogP contribution in [0.3, 0.4) is 0 Å². The molecule has 0 radical (unpaired) electrons. The van der Waals surface area contributed by atoms with Crippen molar-refractivity contribution in [3.05, 3.63) is 42.0 Å². The van der Waals surface area contributed by atoms with Gasteiger partial charge in [0.2, 0.25) is 0 Å². The second kappa shape index (κ2) is 8.27. The molecule has 4 heteroatoms. The third-order valence-corrected chi connectivity index (χ3v) is 4.51. The van der Waals surface area contributed by atoms with E-state index in [1.165, 1.54) is 0 Å². The molecule has 128 valence electrons. The van der Waals surface area contributed by atoms with E-state index in [2.05, 4.69) is 17.1 Å². The number of piperazine rings is 1. The Balaban J connectivity index is 1.77. The van der Waals surface area contributed by atoms with Gasteiger partial charge in [-0.3, -0.25) is 4.79 Å². The fourth-order valence-electron chi connectivity index (χ4n) is 3.18. The topological polar surface area (TPSA) is 41.6 Å². The van der Waals surface area contributed by atoms with Crippen LogP contribution >= 0.6 is 0 Å². The van der Waals surface area contributed by atoms with Crippen LogP contribution in [0.4, 0.5) is 0 Å². The molecule has 0 atom stereocenters. The summed E-state index contributed by atoms with van der Waals surface area (Å²) in [4.78, 5) is 15.1. The Morgan fingerprint density at radius 3 is 2.62 bits per heavy atom. The number of hydrogen-bond acceptors (Lipinski definition) is 4. The highest BCUT2D eigenvalue weighted by molar-refractivity contribution is 6.09. The molecular formula is C20H26N2O2. The lowest BCUT2D eigenvalue weighted by atomic mass is 9.99. The predicted octanol–water partition coefficient (Wildman–Crippen LogP) is 3.11. The van der Waals surface area contributed by atoms with E-state index in [9.17, 15) is 4.79 Å². The van der Waals surface area contributed by atoms with Gasteiger partial charge in [-0.2, -0.15) is 0 Å². The normalized spacial score (nSPS) is 15.5. The summed E-state index contributed by atoms with van der Waals surface area (Å²) < 4.78 is 5.83. The molecule has 1 heterocycles. The maximum absolute atomic E-state index is 12.7. The highest BCUT2D eigenvalue weighted by Gasteiger charge is 2.15. The van der Waals surface area contributed by atoms with Crippen molar-refractivity contribution in [2.75, 3.05) is 39.3 Å². The number of rotatable bonds is 7. The first kappa shape index (κ1) is 16.9. The van der Waals surface area contributed by atoms with Crippen LogP contribution in [-0.2, 0) is 0 Å². The van der Waals surface area contributed by atoms with Gasteiger partial charge in [0.15, 0.2) is 5.78 Å². The van der Waals surface area contributed by atoms with Crippen LogP contribution < -0.4 is 10.1 Å². The van der Waals surface area contributed by atoms with Crippen molar-refractivity contribution >= 4 is 16.6 Å². The van der Waals surface area contributed by atoms with Crippen molar-refractivity contribution in [1.29, 1.82) is 0 Å². The molecule has 2 aromatic carbocycles. The Kier molecular flexibility index (Phi) is 5.83. The molecule has 3 rings (SSSR count). The van der Waals surface area contributed by atoms with Crippen molar-refractivity contribution in [3.63, 3.8) is 0 Å². The van der Waals surface area contributed by atoms with Gasteiger partial charge in [-0.15, -0.1) is 0 Å². The molecule has 1 aliphatic heterocycles. The Labute approximate surface area is 143 Å². The van der Waals surface area contributed by atoms with Crippen molar-refractivity contribution in [1.82, 2.24) is 10.2 Å². The van der Waals surface area contributed by atoms with E-state index in [-0.39, 0.29) is 5.78 Å². The number of ketones is 1. The summed E-state index contributed by atoms with van der Waals surface area (Å²) in [5, 5.41) is 5.36. The van der Waals surface area contributed by atoms with Crippen LogP contribution in [-0.4, -0.2) is 50.0 Å². The number of fused-ring (bicyclic) bond motifs is 1. The van der Waals surface area contributed by atoms with Crippen LogP contribution in [0.15, 0.2) is 36.4 Å². The van der Waals surface area contributed by atoms with Crippen molar-refractivity contribution in [2.24, 2.45) is 0 Å². The minimum Gasteiger partial charge on any atom is -0.493 e. The summed E-state index contributed by atoms with van der Waals surface area (Å²) in [5.41, 5.74) is 0.810. The van der Waals surface area contributed by atoms with Crippen molar-refractivity contribution < 1.29 is 9.53 Å². The number of nitrogens with zero attached hydrogens (tertiary/aromatic N) is 1. The van der Waals surface area contributed by atoms with Crippen LogP contribution in [0.25, 0.3) is 10.8 Å². The molecule has 0 saturated carbocycles. The Morgan fingerprint density at radius 2 is 1.88 bits per heavy atom. The molecule has 4 nitrogen and oxygen atoms in total. The van der Waals surface area contributed by atoms with E-state index in [1.54, 1.807) is 0 Å². The first-order valence-corrected chi connectivity index (χ1v) is 8.90. The van der Waals surface area contributed by atoms with E-state index in [4.69, 9.17) is 4.74 Å². The molecule has 0 aliphatic carbocycles. The molecular weight excluding hydrogens is 300 g/mol. The standard InChI is InChI=1S/C20H26N2O2/c1-2-15-24-20-8-7-17(16-5-3-4-6-18(16)20)19(23)9-12-22-13-10-21-11-14-22/h3-8,21H,2,9-15H2,1H3. The molecule has 0 amide bonds. The summed E-state index contributed by atoms with van der Waals surface area (Å²) >= 11 is 0. The zero-order valence-corrected chi connectivity index (χ0v) is 14.4. The van der Waals surface area contributed by atoms with Gasteiger partial charge in [-0.05, 0) is 23.9 Å². The summed E-state index contributed by atoms with van der Waals surface area (Å²) in [6.45, 7) is 7.70. The van der Waals surface area contributed by atoms with E-state index in [0.717, 1.165) is 61.2 Å². The molecule has 2 aromatic rings. The van der Waals surface area contributed by atoms with Gasteiger partial charge in [-0.1, -0.05) is 31.2 Å². The number of benzene rings is 2. The van der Waals surface area contributed by atoms with E-state index < -0.39 is 0 Å². The first-order chi connectivity index (χ1) is 11.8. The molecule has 1 aliphatic rings. The minimum absolute atomic E-state index is 0.215. The SMILES string of the molecule is CCCOc1ccc(C(=O)CCN2CCNCC2)c2ccccc12. The van der Waals surface area contributed by atoms with Crippen LogP contribution in [0.2, 0.25) is 0 Å². The number of carbonyl (C=O) groups excluding carboxylic acids is 1. The van der Waals surface area contributed by atoms with Gasteiger partial charge < -0.3 is 15.0 Å². The lowest BCUT2D eigenvalue weighted by molar-refractivity contribution is 0.0962. The van der Waals surface area contributed by atoms with Gasteiger partial charge in [0.05, 0.1) is 6.61 Å². The van der Waals surface area contributed by atoms with Crippen LogP contribution in [0.1, 0.15) is 30.1 Å². The monoisotopic (exact) mass is 326 g/mol. The fourth-order valence-corrected chi connectivity index (χ4v) is 3.18. The van der Waals surface area contributed by atoms with E-state index in [1.807, 2.05) is 36.4 Å².